The first-order chi connectivity index (χ1) is 10.2. The zero-order valence-electron chi connectivity index (χ0n) is 14.8. The van der Waals surface area contributed by atoms with Gasteiger partial charge in [0.25, 0.3) is 0 Å². The van der Waals surface area contributed by atoms with E-state index in [0.29, 0.717) is 0 Å². The maximum atomic E-state index is 8.80. The highest BCUT2D eigenvalue weighted by molar-refractivity contribution is 5.01. The van der Waals surface area contributed by atoms with E-state index in [-0.39, 0.29) is 6.61 Å². The molecule has 0 spiro atoms. The third-order valence-corrected chi connectivity index (χ3v) is 4.13. The van der Waals surface area contributed by atoms with Crippen LogP contribution >= 0.6 is 0 Å². The third-order valence-electron chi connectivity index (χ3n) is 4.13. The Morgan fingerprint density at radius 2 is 1.24 bits per heavy atom. The molecular formula is C20H38O. The van der Waals surface area contributed by atoms with Gasteiger partial charge >= 0.3 is 0 Å². The van der Waals surface area contributed by atoms with E-state index in [2.05, 4.69) is 26.8 Å². The molecule has 0 aliphatic carbocycles. The van der Waals surface area contributed by atoms with Gasteiger partial charge < -0.3 is 5.11 Å². The van der Waals surface area contributed by atoms with Gasteiger partial charge in [-0.2, -0.15) is 0 Å². The molecule has 124 valence electrons. The number of aliphatic hydroxyl groups excluding tert-OH is 1. The summed E-state index contributed by atoms with van der Waals surface area (Å²) in [5.74, 6) is 0. The van der Waals surface area contributed by atoms with Gasteiger partial charge in [0.2, 0.25) is 0 Å². The van der Waals surface area contributed by atoms with Crippen LogP contribution in [0.2, 0.25) is 0 Å². The zero-order valence-corrected chi connectivity index (χ0v) is 14.8. The van der Waals surface area contributed by atoms with Crippen LogP contribution in [0.15, 0.2) is 23.3 Å². The summed E-state index contributed by atoms with van der Waals surface area (Å²) in [5.41, 5.74) is 2.85. The molecule has 0 heterocycles. The van der Waals surface area contributed by atoms with Crippen LogP contribution in [0.1, 0.15) is 97.8 Å². The SMILES string of the molecule is CCCCCCCCCCC=C(C)CCCC(C)=CCO. The molecule has 0 fully saturated rings. The molecule has 1 nitrogen and oxygen atoms in total. The largest absolute Gasteiger partial charge is 0.392 e. The molecule has 0 rings (SSSR count). The van der Waals surface area contributed by atoms with Crippen molar-refractivity contribution in [1.82, 2.24) is 0 Å². The lowest BCUT2D eigenvalue weighted by Gasteiger charge is -2.03. The minimum atomic E-state index is 0.180. The highest BCUT2D eigenvalue weighted by atomic mass is 16.2. The second-order valence-corrected chi connectivity index (χ2v) is 6.40. The van der Waals surface area contributed by atoms with E-state index in [1.54, 1.807) is 0 Å². The van der Waals surface area contributed by atoms with Crippen molar-refractivity contribution in [3.63, 3.8) is 0 Å². The number of hydrogen-bond donors (Lipinski definition) is 1. The lowest BCUT2D eigenvalue weighted by Crippen LogP contribution is -1.85. The van der Waals surface area contributed by atoms with Crippen LogP contribution in [0.5, 0.6) is 0 Å². The summed E-state index contributed by atoms with van der Waals surface area (Å²) in [7, 11) is 0. The van der Waals surface area contributed by atoms with E-state index >= 15 is 0 Å². The van der Waals surface area contributed by atoms with Crippen LogP contribution in [0.3, 0.4) is 0 Å². The van der Waals surface area contributed by atoms with Crippen molar-refractivity contribution in [1.29, 1.82) is 0 Å². The number of aliphatic hydroxyl groups is 1. The molecule has 0 amide bonds. The van der Waals surface area contributed by atoms with Crippen LogP contribution in [0.25, 0.3) is 0 Å². The van der Waals surface area contributed by atoms with Crippen LogP contribution in [0, 0.1) is 0 Å². The van der Waals surface area contributed by atoms with E-state index < -0.39 is 0 Å². The first kappa shape index (κ1) is 20.4. The minimum Gasteiger partial charge on any atom is -0.392 e. The van der Waals surface area contributed by atoms with Crippen molar-refractivity contribution in [2.75, 3.05) is 6.61 Å². The summed E-state index contributed by atoms with van der Waals surface area (Å²) in [5, 5.41) is 8.80. The van der Waals surface area contributed by atoms with Gasteiger partial charge in [0.1, 0.15) is 0 Å². The first-order valence-corrected chi connectivity index (χ1v) is 9.12. The molecule has 0 aromatic carbocycles. The summed E-state index contributed by atoms with van der Waals surface area (Å²) in [6, 6.07) is 0. The molecule has 0 aliphatic rings. The Balaban J connectivity index is 3.41. The molecule has 0 aromatic heterocycles. The molecule has 0 radical (unpaired) electrons. The number of hydrogen-bond acceptors (Lipinski definition) is 1. The van der Waals surface area contributed by atoms with Crippen molar-refractivity contribution < 1.29 is 5.11 Å². The van der Waals surface area contributed by atoms with Gasteiger partial charge in [0.05, 0.1) is 6.61 Å². The monoisotopic (exact) mass is 294 g/mol. The molecule has 0 unspecified atom stereocenters. The van der Waals surface area contributed by atoms with E-state index in [1.807, 2.05) is 6.08 Å². The molecule has 1 N–H and O–H groups in total. The quantitative estimate of drug-likeness (QED) is 0.283. The number of unbranched alkanes of at least 4 members (excludes halogenated alkanes) is 8. The second kappa shape index (κ2) is 15.8. The normalized spacial score (nSPS) is 13.0. The highest BCUT2D eigenvalue weighted by Gasteiger charge is 1.94. The standard InChI is InChI=1S/C20H38O/c1-4-5-6-7-8-9-10-11-12-14-19(2)15-13-16-20(3)17-18-21/h14,17,21H,4-13,15-16,18H2,1-3H3. The lowest BCUT2D eigenvalue weighted by molar-refractivity contribution is 0.341. The van der Waals surface area contributed by atoms with Gasteiger partial charge in [-0.3, -0.25) is 0 Å². The van der Waals surface area contributed by atoms with E-state index in [0.717, 1.165) is 6.42 Å². The predicted octanol–water partition coefficient (Wildman–Crippen LogP) is 6.57. The summed E-state index contributed by atoms with van der Waals surface area (Å²) in [6.07, 6.45) is 20.4. The van der Waals surface area contributed by atoms with Crippen molar-refractivity contribution >= 4 is 0 Å². The fourth-order valence-electron chi connectivity index (χ4n) is 2.63. The Morgan fingerprint density at radius 3 is 1.81 bits per heavy atom. The van der Waals surface area contributed by atoms with E-state index in [1.165, 1.54) is 81.8 Å². The molecule has 21 heavy (non-hydrogen) atoms. The molecule has 0 bridgehead atoms. The fraction of sp³-hybridized carbons (Fsp3) is 0.800. The van der Waals surface area contributed by atoms with Gasteiger partial charge in [0, 0.05) is 0 Å². The van der Waals surface area contributed by atoms with Crippen LogP contribution < -0.4 is 0 Å². The van der Waals surface area contributed by atoms with Crippen molar-refractivity contribution in [3.8, 4) is 0 Å². The minimum absolute atomic E-state index is 0.180. The maximum Gasteiger partial charge on any atom is 0.0614 e. The van der Waals surface area contributed by atoms with E-state index in [4.69, 9.17) is 5.11 Å². The van der Waals surface area contributed by atoms with Crippen molar-refractivity contribution in [2.45, 2.75) is 97.8 Å². The first-order valence-electron chi connectivity index (χ1n) is 9.12. The van der Waals surface area contributed by atoms with Gasteiger partial charge in [-0.1, -0.05) is 75.2 Å². The predicted molar refractivity (Wildman–Crippen MR) is 95.7 cm³/mol. The smallest absolute Gasteiger partial charge is 0.0614 e. The van der Waals surface area contributed by atoms with Gasteiger partial charge in [0.15, 0.2) is 0 Å². The molecule has 0 saturated carbocycles. The Bertz CT molecular complexity index is 276. The molecule has 0 saturated heterocycles. The van der Waals surface area contributed by atoms with Crippen molar-refractivity contribution in [2.24, 2.45) is 0 Å². The summed E-state index contributed by atoms with van der Waals surface area (Å²) in [4.78, 5) is 0. The van der Waals surface area contributed by atoms with E-state index in [9.17, 15) is 0 Å². The molecule has 1 heteroatoms. The van der Waals surface area contributed by atoms with Crippen LogP contribution in [-0.4, -0.2) is 11.7 Å². The molecule has 0 atom stereocenters. The topological polar surface area (TPSA) is 20.2 Å². The summed E-state index contributed by atoms with van der Waals surface area (Å²) in [6.45, 7) is 6.82. The van der Waals surface area contributed by atoms with Crippen LogP contribution in [-0.2, 0) is 0 Å². The molecular weight excluding hydrogens is 256 g/mol. The number of rotatable bonds is 14. The average molecular weight is 295 g/mol. The van der Waals surface area contributed by atoms with Gasteiger partial charge in [-0.05, 0) is 46.0 Å². The van der Waals surface area contributed by atoms with Crippen molar-refractivity contribution in [3.05, 3.63) is 23.3 Å². The molecule has 0 aromatic rings. The van der Waals surface area contributed by atoms with Crippen LogP contribution in [0.4, 0.5) is 0 Å². The molecule has 0 aliphatic heterocycles. The second-order valence-electron chi connectivity index (χ2n) is 6.40. The van der Waals surface area contributed by atoms with Gasteiger partial charge in [-0.25, -0.2) is 0 Å². The summed E-state index contributed by atoms with van der Waals surface area (Å²) < 4.78 is 0. The lowest BCUT2D eigenvalue weighted by atomic mass is 10.0. The number of allylic oxidation sites excluding steroid dienone is 3. The average Bonchev–Trinajstić information content (AvgIpc) is 2.46. The Morgan fingerprint density at radius 1 is 0.714 bits per heavy atom. The maximum absolute atomic E-state index is 8.80. The Labute approximate surface area is 133 Å². The fourth-order valence-corrected chi connectivity index (χ4v) is 2.63. The zero-order chi connectivity index (χ0) is 15.8. The Kier molecular flexibility index (Phi) is 15.4. The summed E-state index contributed by atoms with van der Waals surface area (Å²) >= 11 is 0. The Hall–Kier alpha value is -0.560. The van der Waals surface area contributed by atoms with Gasteiger partial charge in [-0.15, -0.1) is 0 Å². The highest BCUT2D eigenvalue weighted by Crippen LogP contribution is 2.14. The third kappa shape index (κ3) is 15.6.